The quantitative estimate of drug-likeness (QED) is 0.172. The van der Waals surface area contributed by atoms with Gasteiger partial charge in [-0.3, -0.25) is 9.59 Å². The van der Waals surface area contributed by atoms with E-state index in [4.69, 9.17) is 14.2 Å². The van der Waals surface area contributed by atoms with Crippen LogP contribution in [0.15, 0.2) is 78.9 Å². The van der Waals surface area contributed by atoms with Crippen LogP contribution >= 0.6 is 0 Å². The van der Waals surface area contributed by atoms with Gasteiger partial charge in [-0.2, -0.15) is 13.2 Å². The van der Waals surface area contributed by atoms with Crippen molar-refractivity contribution in [2.24, 2.45) is 0 Å². The number of benzene rings is 3. The first kappa shape index (κ1) is 32.9. The summed E-state index contributed by atoms with van der Waals surface area (Å²) in [6.07, 6.45) is -1.53. The molecule has 1 aliphatic heterocycles. The highest BCUT2D eigenvalue weighted by molar-refractivity contribution is 5.81. The fourth-order valence-corrected chi connectivity index (χ4v) is 5.66. The Balaban J connectivity index is 1.50. The van der Waals surface area contributed by atoms with Crippen LogP contribution in [0.2, 0.25) is 0 Å². The molecule has 236 valence electrons. The average molecular weight is 613 g/mol. The minimum absolute atomic E-state index is 0.00497. The van der Waals surface area contributed by atoms with Crippen LogP contribution in [-0.2, 0) is 19.9 Å². The summed E-state index contributed by atoms with van der Waals surface area (Å²) >= 11 is 0. The SMILES string of the molecule is COc1ccc(C(OC[C@@H]2CCCN2C(=O)CCCCCNC(=O)C(F)(F)F)(c2ccccc2)c2ccc(OC)cc2)cc1. The number of unbranched alkanes of at least 4 members (excludes halogenated alkanes) is 2. The summed E-state index contributed by atoms with van der Waals surface area (Å²) in [5, 5.41) is 1.87. The number of halogens is 3. The van der Waals surface area contributed by atoms with Gasteiger partial charge in [0.1, 0.15) is 17.1 Å². The summed E-state index contributed by atoms with van der Waals surface area (Å²) in [4.78, 5) is 26.0. The van der Waals surface area contributed by atoms with E-state index in [1.807, 2.05) is 89.1 Å². The van der Waals surface area contributed by atoms with Crippen LogP contribution in [0.5, 0.6) is 11.5 Å². The Morgan fingerprint density at radius 3 is 1.93 bits per heavy atom. The lowest BCUT2D eigenvalue weighted by Gasteiger charge is -2.38. The van der Waals surface area contributed by atoms with Gasteiger partial charge < -0.3 is 24.4 Å². The van der Waals surface area contributed by atoms with Gasteiger partial charge in [-0.05, 0) is 66.6 Å². The normalized spacial score (nSPS) is 15.2. The molecule has 1 fully saturated rings. The number of nitrogens with zero attached hydrogens (tertiary/aromatic N) is 1. The van der Waals surface area contributed by atoms with Gasteiger partial charge in [-0.15, -0.1) is 0 Å². The van der Waals surface area contributed by atoms with Crippen LogP contribution in [0.3, 0.4) is 0 Å². The van der Waals surface area contributed by atoms with E-state index in [2.05, 4.69) is 0 Å². The Bertz CT molecular complexity index is 1300. The third-order valence-electron chi connectivity index (χ3n) is 7.97. The van der Waals surface area contributed by atoms with Crippen LogP contribution < -0.4 is 14.8 Å². The van der Waals surface area contributed by atoms with E-state index in [0.29, 0.717) is 32.4 Å². The van der Waals surface area contributed by atoms with Crippen molar-refractivity contribution in [1.82, 2.24) is 10.2 Å². The van der Waals surface area contributed by atoms with E-state index in [9.17, 15) is 22.8 Å². The molecule has 7 nitrogen and oxygen atoms in total. The lowest BCUT2D eigenvalue weighted by molar-refractivity contribution is -0.173. The number of hydrogen-bond acceptors (Lipinski definition) is 5. The standard InChI is InChI=1S/C34H39F3N2O5/c1-42-29-18-14-26(15-19-29)33(25-10-5-3-6-11-25,27-16-20-30(43-2)21-17-27)44-24-28-12-9-23-39(28)31(40)13-7-4-8-22-38-32(41)34(35,36)37/h3,5-6,10-11,14-21,28H,4,7-9,12-13,22-24H2,1-2H3,(H,38,41)/t28-/m0/s1. The van der Waals surface area contributed by atoms with Gasteiger partial charge >= 0.3 is 12.1 Å². The average Bonchev–Trinajstić information content (AvgIpc) is 3.52. The molecule has 1 heterocycles. The van der Waals surface area contributed by atoms with Crippen molar-refractivity contribution in [3.8, 4) is 11.5 Å². The Morgan fingerprint density at radius 1 is 0.818 bits per heavy atom. The molecule has 44 heavy (non-hydrogen) atoms. The highest BCUT2D eigenvalue weighted by atomic mass is 19.4. The van der Waals surface area contributed by atoms with Crippen molar-refractivity contribution in [2.75, 3.05) is 33.9 Å². The zero-order chi connectivity index (χ0) is 31.6. The molecule has 0 bridgehead atoms. The maximum Gasteiger partial charge on any atom is 0.471 e. The molecule has 0 radical (unpaired) electrons. The van der Waals surface area contributed by atoms with E-state index in [0.717, 1.165) is 41.0 Å². The Hall–Kier alpha value is -4.05. The molecule has 1 atom stereocenters. The van der Waals surface area contributed by atoms with E-state index in [-0.39, 0.29) is 24.9 Å². The Morgan fingerprint density at radius 2 is 1.39 bits per heavy atom. The highest BCUT2D eigenvalue weighted by Gasteiger charge is 2.40. The van der Waals surface area contributed by atoms with E-state index < -0.39 is 17.7 Å². The summed E-state index contributed by atoms with van der Waals surface area (Å²) < 4.78 is 54.9. The molecule has 0 spiro atoms. The van der Waals surface area contributed by atoms with E-state index in [1.165, 1.54) is 0 Å². The fourth-order valence-electron chi connectivity index (χ4n) is 5.66. The summed E-state index contributed by atoms with van der Waals surface area (Å²) in [5.74, 6) is -0.500. The number of alkyl halides is 3. The summed E-state index contributed by atoms with van der Waals surface area (Å²) in [7, 11) is 3.24. The molecule has 4 rings (SSSR count). The lowest BCUT2D eigenvalue weighted by atomic mass is 9.80. The lowest BCUT2D eigenvalue weighted by Crippen LogP contribution is -2.42. The largest absolute Gasteiger partial charge is 0.497 e. The number of likely N-dealkylation sites (tertiary alicyclic amines) is 1. The fraction of sp³-hybridized carbons (Fsp3) is 0.412. The zero-order valence-electron chi connectivity index (χ0n) is 25.1. The highest BCUT2D eigenvalue weighted by Crippen LogP contribution is 2.42. The van der Waals surface area contributed by atoms with Gasteiger partial charge in [0.05, 0.1) is 26.9 Å². The van der Waals surface area contributed by atoms with Crippen molar-refractivity contribution in [2.45, 2.75) is 56.3 Å². The van der Waals surface area contributed by atoms with Gasteiger partial charge in [0.2, 0.25) is 5.91 Å². The van der Waals surface area contributed by atoms with Crippen LogP contribution in [0.25, 0.3) is 0 Å². The topological polar surface area (TPSA) is 77.1 Å². The van der Waals surface area contributed by atoms with Gasteiger partial charge in [0.15, 0.2) is 0 Å². The number of rotatable bonds is 14. The number of nitrogens with one attached hydrogen (secondary N) is 1. The molecule has 10 heteroatoms. The van der Waals surface area contributed by atoms with Crippen molar-refractivity contribution < 1.29 is 37.0 Å². The zero-order valence-corrected chi connectivity index (χ0v) is 25.1. The van der Waals surface area contributed by atoms with Crippen LogP contribution in [0.1, 0.15) is 55.2 Å². The molecule has 1 N–H and O–H groups in total. The second kappa shape index (κ2) is 15.1. The molecule has 3 aromatic rings. The second-order valence-corrected chi connectivity index (χ2v) is 10.8. The van der Waals surface area contributed by atoms with Crippen molar-refractivity contribution in [3.63, 3.8) is 0 Å². The molecule has 0 unspecified atom stereocenters. The Kier molecular flexibility index (Phi) is 11.3. The van der Waals surface area contributed by atoms with E-state index >= 15 is 0 Å². The van der Waals surface area contributed by atoms with E-state index in [1.54, 1.807) is 14.2 Å². The molecule has 2 amide bonds. The number of amides is 2. The smallest absolute Gasteiger partial charge is 0.471 e. The summed E-state index contributed by atoms with van der Waals surface area (Å²) in [5.41, 5.74) is 1.76. The molecule has 0 aromatic heterocycles. The maximum absolute atomic E-state index is 13.2. The first-order valence-corrected chi connectivity index (χ1v) is 14.8. The molecule has 0 saturated carbocycles. The van der Waals surface area contributed by atoms with Crippen molar-refractivity contribution in [1.29, 1.82) is 0 Å². The third kappa shape index (κ3) is 7.91. The molecular weight excluding hydrogens is 573 g/mol. The summed E-state index contributed by atoms with van der Waals surface area (Å²) in [6, 6.07) is 25.4. The second-order valence-electron chi connectivity index (χ2n) is 10.8. The number of ether oxygens (including phenoxy) is 3. The number of carbonyl (C=O) groups is 2. The number of carbonyl (C=O) groups excluding carboxylic acids is 2. The van der Waals surface area contributed by atoms with Crippen LogP contribution in [0, 0.1) is 0 Å². The first-order chi connectivity index (χ1) is 21.2. The molecule has 3 aromatic carbocycles. The van der Waals surface area contributed by atoms with Crippen molar-refractivity contribution in [3.05, 3.63) is 95.6 Å². The van der Waals surface area contributed by atoms with Crippen LogP contribution in [0.4, 0.5) is 13.2 Å². The molecule has 0 aliphatic carbocycles. The number of methoxy groups -OCH3 is 2. The molecular formula is C34H39F3N2O5. The number of hydrogen-bond donors (Lipinski definition) is 1. The maximum atomic E-state index is 13.2. The van der Waals surface area contributed by atoms with Gasteiger partial charge in [0, 0.05) is 19.5 Å². The van der Waals surface area contributed by atoms with Crippen LogP contribution in [-0.4, -0.2) is 62.8 Å². The van der Waals surface area contributed by atoms with Crippen molar-refractivity contribution >= 4 is 11.8 Å². The summed E-state index contributed by atoms with van der Waals surface area (Å²) in [6.45, 7) is 0.838. The predicted octanol–water partition coefficient (Wildman–Crippen LogP) is 6.24. The first-order valence-electron chi connectivity index (χ1n) is 14.8. The Labute approximate surface area is 256 Å². The minimum atomic E-state index is -4.89. The van der Waals surface area contributed by atoms with Gasteiger partial charge in [-0.1, -0.05) is 61.0 Å². The molecule has 1 saturated heterocycles. The monoisotopic (exact) mass is 612 g/mol. The van der Waals surface area contributed by atoms with Gasteiger partial charge in [0.25, 0.3) is 0 Å². The molecule has 1 aliphatic rings. The van der Waals surface area contributed by atoms with Gasteiger partial charge in [-0.25, -0.2) is 0 Å². The predicted molar refractivity (Wildman–Crippen MR) is 161 cm³/mol. The minimum Gasteiger partial charge on any atom is -0.497 e. The third-order valence-corrected chi connectivity index (χ3v) is 7.97.